The number of benzene rings is 1. The Hall–Kier alpha value is -4.99. The van der Waals surface area contributed by atoms with E-state index in [2.05, 4.69) is 15.0 Å². The summed E-state index contributed by atoms with van der Waals surface area (Å²) in [5.41, 5.74) is 1.35. The number of anilines is 1. The molecule has 2 aliphatic rings. The van der Waals surface area contributed by atoms with Gasteiger partial charge in [0.25, 0.3) is 10.0 Å². The molecule has 7 rings (SSSR count). The molecule has 0 atom stereocenters. The number of alkyl halides is 3. The number of piperidine rings is 2. The van der Waals surface area contributed by atoms with Gasteiger partial charge in [-0.3, -0.25) is 4.68 Å². The van der Waals surface area contributed by atoms with Crippen LogP contribution in [0.1, 0.15) is 52.9 Å². The molecule has 0 saturated carbocycles. The molecule has 0 unspecified atom stereocenters. The fraction of sp³-hybridized carbons (Fsp3) is 0.447. The summed E-state index contributed by atoms with van der Waals surface area (Å²) in [6, 6.07) is 11.6. The summed E-state index contributed by atoms with van der Waals surface area (Å²) in [7, 11) is -4.12. The Morgan fingerprint density at radius 1 is 0.852 bits per heavy atom. The first-order valence-electron chi connectivity index (χ1n) is 18.1. The topological polar surface area (TPSA) is 128 Å². The summed E-state index contributed by atoms with van der Waals surface area (Å²) >= 11 is 0. The van der Waals surface area contributed by atoms with E-state index in [0.29, 0.717) is 23.1 Å². The molecule has 5 aromatic rings. The maximum atomic E-state index is 13.7. The van der Waals surface area contributed by atoms with Crippen molar-refractivity contribution in [2.75, 3.05) is 31.1 Å². The Balaban J connectivity index is 1.05. The minimum absolute atomic E-state index is 0.0246. The lowest BCUT2D eigenvalue weighted by Gasteiger charge is -2.37. The standard InChI is InChI=1S/C38H43F3N8O4S/c1-37(2,3)53-36(50)47-17-13-27(14-18-47)19-26-11-15-46(16-12-26)33-10-9-28(20-42-33)32-22-43-35-34(45-32)31(29-21-44-48(23-29)25-38(39,40)41)24-49(35)54(51,52)30-7-5-4-6-8-30/h4-10,20-24,26-27H,11-19,25H2,1-3H3. The van der Waals surface area contributed by atoms with E-state index in [1.165, 1.54) is 36.9 Å². The number of aromatic nitrogens is 6. The van der Waals surface area contributed by atoms with E-state index < -0.39 is 28.3 Å². The van der Waals surface area contributed by atoms with Gasteiger partial charge in [0, 0.05) is 61.5 Å². The molecule has 0 radical (unpaired) electrons. The van der Waals surface area contributed by atoms with Crippen molar-refractivity contribution in [3.63, 3.8) is 0 Å². The Bertz CT molecular complexity index is 2200. The quantitative estimate of drug-likeness (QED) is 0.159. The number of fused-ring (bicyclic) bond motifs is 1. The third-order valence-corrected chi connectivity index (χ3v) is 11.6. The smallest absolute Gasteiger partial charge is 0.410 e. The van der Waals surface area contributed by atoms with Gasteiger partial charge in [0.2, 0.25) is 0 Å². The number of ether oxygens (including phenoxy) is 1. The van der Waals surface area contributed by atoms with Gasteiger partial charge in [-0.15, -0.1) is 0 Å². The van der Waals surface area contributed by atoms with Crippen LogP contribution in [0, 0.1) is 11.8 Å². The average molecular weight is 765 g/mol. The van der Waals surface area contributed by atoms with Crippen LogP contribution in [0.15, 0.2) is 78.3 Å². The second kappa shape index (κ2) is 14.7. The molecule has 4 aromatic heterocycles. The second-order valence-electron chi connectivity index (χ2n) is 15.1. The van der Waals surface area contributed by atoms with E-state index in [9.17, 15) is 26.4 Å². The second-order valence-corrected chi connectivity index (χ2v) is 16.9. The average Bonchev–Trinajstić information content (AvgIpc) is 3.76. The van der Waals surface area contributed by atoms with Crippen molar-refractivity contribution in [1.82, 2.24) is 33.6 Å². The summed E-state index contributed by atoms with van der Waals surface area (Å²) in [5, 5.41) is 3.86. The summed E-state index contributed by atoms with van der Waals surface area (Å²) < 4.78 is 74.1. The highest BCUT2D eigenvalue weighted by atomic mass is 32.2. The first-order chi connectivity index (χ1) is 25.6. The van der Waals surface area contributed by atoms with Gasteiger partial charge in [0.1, 0.15) is 23.5 Å². The van der Waals surface area contributed by atoms with E-state index in [1.54, 1.807) is 24.4 Å². The van der Waals surface area contributed by atoms with Crippen molar-refractivity contribution in [2.24, 2.45) is 11.8 Å². The molecule has 16 heteroatoms. The van der Waals surface area contributed by atoms with Gasteiger partial charge in [-0.2, -0.15) is 18.3 Å². The number of amides is 1. The van der Waals surface area contributed by atoms with Gasteiger partial charge < -0.3 is 14.5 Å². The normalized spacial score (nSPS) is 16.6. The van der Waals surface area contributed by atoms with E-state index >= 15 is 0 Å². The van der Waals surface area contributed by atoms with E-state index in [0.717, 1.165) is 72.8 Å². The van der Waals surface area contributed by atoms with Gasteiger partial charge in [0.05, 0.1) is 23.0 Å². The Morgan fingerprint density at radius 2 is 1.54 bits per heavy atom. The van der Waals surface area contributed by atoms with Gasteiger partial charge >= 0.3 is 12.3 Å². The maximum Gasteiger partial charge on any atom is 0.410 e. The molecule has 6 heterocycles. The third-order valence-electron chi connectivity index (χ3n) is 9.96. The molecule has 1 aromatic carbocycles. The number of likely N-dealkylation sites (tertiary alicyclic amines) is 1. The Kier molecular flexibility index (Phi) is 10.1. The van der Waals surface area contributed by atoms with Crippen LogP contribution in [-0.4, -0.2) is 86.1 Å². The minimum atomic E-state index is -4.49. The summed E-state index contributed by atoms with van der Waals surface area (Å²) in [6.07, 6.45) is 7.51. The predicted octanol–water partition coefficient (Wildman–Crippen LogP) is 7.41. The van der Waals surface area contributed by atoms with Crippen molar-refractivity contribution in [2.45, 2.75) is 76.1 Å². The van der Waals surface area contributed by atoms with E-state index in [-0.39, 0.29) is 33.3 Å². The van der Waals surface area contributed by atoms with Gasteiger partial charge in [-0.25, -0.2) is 32.1 Å². The Labute approximate surface area is 312 Å². The van der Waals surface area contributed by atoms with Crippen LogP contribution in [0.5, 0.6) is 0 Å². The molecule has 0 spiro atoms. The predicted molar refractivity (Wildman–Crippen MR) is 197 cm³/mol. The van der Waals surface area contributed by atoms with Crippen molar-refractivity contribution in [1.29, 1.82) is 0 Å². The highest BCUT2D eigenvalue weighted by Gasteiger charge is 2.31. The number of carbonyl (C=O) groups is 1. The van der Waals surface area contributed by atoms with E-state index in [1.807, 2.05) is 37.8 Å². The van der Waals surface area contributed by atoms with Crippen molar-refractivity contribution in [3.05, 3.63) is 73.4 Å². The zero-order valence-electron chi connectivity index (χ0n) is 30.4. The fourth-order valence-corrected chi connectivity index (χ4v) is 8.58. The zero-order valence-corrected chi connectivity index (χ0v) is 31.2. The lowest BCUT2D eigenvalue weighted by atomic mass is 9.83. The first kappa shape index (κ1) is 37.3. The van der Waals surface area contributed by atoms with Crippen molar-refractivity contribution < 1.29 is 31.1 Å². The molecule has 286 valence electrons. The third kappa shape index (κ3) is 8.37. The van der Waals surface area contributed by atoms with E-state index in [4.69, 9.17) is 14.7 Å². The van der Waals surface area contributed by atoms with Crippen LogP contribution >= 0.6 is 0 Å². The Morgan fingerprint density at radius 3 is 2.17 bits per heavy atom. The minimum Gasteiger partial charge on any atom is -0.444 e. The molecule has 1 amide bonds. The van der Waals surface area contributed by atoms with Gasteiger partial charge in [0.15, 0.2) is 5.65 Å². The molecule has 12 nitrogen and oxygen atoms in total. The summed E-state index contributed by atoms with van der Waals surface area (Å²) in [5.74, 6) is 2.06. The van der Waals surface area contributed by atoms with Gasteiger partial charge in [-0.05, 0) is 89.0 Å². The highest BCUT2D eigenvalue weighted by Crippen LogP contribution is 2.35. The lowest BCUT2D eigenvalue weighted by Crippen LogP contribution is -2.42. The van der Waals surface area contributed by atoms with Crippen LogP contribution in [0.25, 0.3) is 33.5 Å². The number of hydrogen-bond acceptors (Lipinski definition) is 9. The number of carbonyl (C=O) groups excluding carboxylic acids is 1. The maximum absolute atomic E-state index is 13.7. The number of nitrogens with zero attached hydrogens (tertiary/aromatic N) is 8. The first-order valence-corrected chi connectivity index (χ1v) is 19.5. The molecule has 2 saturated heterocycles. The van der Waals surface area contributed by atoms with Crippen molar-refractivity contribution >= 4 is 33.1 Å². The number of halogens is 3. The van der Waals surface area contributed by atoms with Crippen LogP contribution in [-0.2, 0) is 21.3 Å². The fourth-order valence-electron chi connectivity index (χ4n) is 7.25. The zero-order chi connectivity index (χ0) is 38.3. The monoisotopic (exact) mass is 764 g/mol. The van der Waals surface area contributed by atoms with Gasteiger partial charge in [-0.1, -0.05) is 18.2 Å². The van der Waals surface area contributed by atoms with Crippen LogP contribution in [0.4, 0.5) is 23.8 Å². The SMILES string of the molecule is CC(C)(C)OC(=O)N1CCC(CC2CCN(c3ccc(-c4cnc5c(n4)c(-c4cnn(CC(F)(F)F)c4)cn5S(=O)(=O)c4ccccc4)cn3)CC2)CC1. The number of pyridine rings is 1. The molecule has 2 aliphatic heterocycles. The summed E-state index contributed by atoms with van der Waals surface area (Å²) in [4.78, 5) is 30.6. The highest BCUT2D eigenvalue weighted by molar-refractivity contribution is 7.90. The van der Waals surface area contributed by atoms with Crippen molar-refractivity contribution in [3.8, 4) is 22.4 Å². The van der Waals surface area contributed by atoms with Crippen LogP contribution in [0.2, 0.25) is 0 Å². The summed E-state index contributed by atoms with van der Waals surface area (Å²) in [6.45, 7) is 7.60. The molecular formula is C38H43F3N8O4S. The number of hydrogen-bond donors (Lipinski definition) is 0. The van der Waals surface area contributed by atoms with Crippen LogP contribution < -0.4 is 4.90 Å². The van der Waals surface area contributed by atoms with Crippen LogP contribution in [0.3, 0.4) is 0 Å². The molecule has 0 N–H and O–H groups in total. The number of rotatable bonds is 8. The molecule has 54 heavy (non-hydrogen) atoms. The molecule has 2 fully saturated rings. The molecule has 0 aliphatic carbocycles. The molecular weight excluding hydrogens is 722 g/mol. The molecule has 0 bridgehead atoms. The lowest BCUT2D eigenvalue weighted by molar-refractivity contribution is -0.142. The largest absolute Gasteiger partial charge is 0.444 e.